The van der Waals surface area contributed by atoms with Crippen molar-refractivity contribution in [2.45, 2.75) is 29.9 Å². The first kappa shape index (κ1) is 14.9. The number of aliphatic hydroxyl groups is 1. The molecule has 2 N–H and O–H groups in total. The molecular weight excluding hydrogens is 278 g/mol. The first-order chi connectivity index (χ1) is 9.29. The Bertz CT molecular complexity index is 381. The first-order valence-electron chi connectivity index (χ1n) is 6.83. The van der Waals surface area contributed by atoms with Crippen LogP contribution in [-0.2, 0) is 4.79 Å². The van der Waals surface area contributed by atoms with Gasteiger partial charge in [0.1, 0.15) is 0 Å². The number of carbonyl (C=O) groups excluding carboxylic acids is 1. The van der Waals surface area contributed by atoms with Gasteiger partial charge in [-0.3, -0.25) is 4.79 Å². The Balaban J connectivity index is 1.67. The number of nitrogens with one attached hydrogen (secondary N) is 1. The van der Waals surface area contributed by atoms with Crippen LogP contribution in [0.5, 0.6) is 0 Å². The molecule has 3 nitrogen and oxygen atoms in total. The smallest absolute Gasteiger partial charge is 0.230 e. The fraction of sp³-hybridized carbons (Fsp3) is 0.643. The summed E-state index contributed by atoms with van der Waals surface area (Å²) in [4.78, 5) is 11.8. The van der Waals surface area contributed by atoms with Gasteiger partial charge in [0.05, 0.1) is 9.96 Å². The first-order valence-corrected chi connectivity index (χ1v) is 8.70. The summed E-state index contributed by atoms with van der Waals surface area (Å²) in [6.45, 7) is 0.972. The third-order valence-corrected chi connectivity index (χ3v) is 5.83. The van der Waals surface area contributed by atoms with E-state index in [1.807, 2.05) is 17.5 Å². The molecule has 19 heavy (non-hydrogen) atoms. The maximum atomic E-state index is 11.8. The van der Waals surface area contributed by atoms with Crippen molar-refractivity contribution in [3.63, 3.8) is 0 Å². The van der Waals surface area contributed by atoms with Gasteiger partial charge in [0, 0.05) is 13.2 Å². The van der Waals surface area contributed by atoms with E-state index in [2.05, 4.69) is 5.32 Å². The van der Waals surface area contributed by atoms with Crippen LogP contribution in [0, 0.1) is 11.8 Å². The lowest BCUT2D eigenvalue weighted by atomic mass is 9.79. The van der Waals surface area contributed by atoms with Gasteiger partial charge in [0.25, 0.3) is 0 Å². The van der Waals surface area contributed by atoms with Crippen LogP contribution in [0.2, 0.25) is 0 Å². The van der Waals surface area contributed by atoms with Gasteiger partial charge in [-0.05, 0) is 36.1 Å². The number of hydrogen-bond donors (Lipinski definition) is 2. The van der Waals surface area contributed by atoms with Crippen molar-refractivity contribution in [2.75, 3.05) is 18.9 Å². The lowest BCUT2D eigenvalue weighted by molar-refractivity contribution is -0.118. The highest BCUT2D eigenvalue weighted by Gasteiger charge is 2.24. The Hall–Kier alpha value is -0.520. The lowest BCUT2D eigenvalue weighted by Crippen LogP contribution is -2.36. The van der Waals surface area contributed by atoms with Crippen molar-refractivity contribution in [1.29, 1.82) is 0 Å². The fourth-order valence-electron chi connectivity index (χ4n) is 2.57. The number of amides is 1. The van der Waals surface area contributed by atoms with E-state index in [4.69, 9.17) is 0 Å². The summed E-state index contributed by atoms with van der Waals surface area (Å²) in [6, 6.07) is 4.03. The van der Waals surface area contributed by atoms with Crippen LogP contribution >= 0.6 is 23.1 Å². The molecule has 1 fully saturated rings. The zero-order valence-electron chi connectivity index (χ0n) is 11.0. The Morgan fingerprint density at radius 3 is 2.89 bits per heavy atom. The normalized spacial score (nSPS) is 23.2. The molecule has 106 valence electrons. The van der Waals surface area contributed by atoms with E-state index < -0.39 is 0 Å². The highest BCUT2D eigenvalue weighted by molar-refractivity contribution is 8.01. The quantitative estimate of drug-likeness (QED) is 0.794. The van der Waals surface area contributed by atoms with Crippen LogP contribution in [0.3, 0.4) is 0 Å². The highest BCUT2D eigenvalue weighted by Crippen LogP contribution is 2.29. The maximum Gasteiger partial charge on any atom is 0.230 e. The molecule has 2 atom stereocenters. The molecule has 1 aromatic heterocycles. The van der Waals surface area contributed by atoms with Gasteiger partial charge < -0.3 is 10.4 Å². The lowest BCUT2D eigenvalue weighted by Gasteiger charge is -2.30. The van der Waals surface area contributed by atoms with Gasteiger partial charge in [0.2, 0.25) is 5.91 Å². The molecule has 1 aliphatic rings. The monoisotopic (exact) mass is 299 g/mol. The van der Waals surface area contributed by atoms with Crippen molar-refractivity contribution in [2.24, 2.45) is 11.8 Å². The molecule has 1 aromatic rings. The SMILES string of the molecule is O=C(CSc1cccs1)NCC1CCCCC1CO. The van der Waals surface area contributed by atoms with E-state index in [0.29, 0.717) is 17.6 Å². The largest absolute Gasteiger partial charge is 0.396 e. The van der Waals surface area contributed by atoms with Gasteiger partial charge in [-0.15, -0.1) is 23.1 Å². The third-order valence-electron chi connectivity index (χ3n) is 3.70. The van der Waals surface area contributed by atoms with Crippen molar-refractivity contribution in [1.82, 2.24) is 5.32 Å². The van der Waals surface area contributed by atoms with Gasteiger partial charge in [-0.1, -0.05) is 18.9 Å². The second kappa shape index (κ2) is 7.92. The molecule has 2 unspecified atom stereocenters. The number of thiophene rings is 1. The zero-order chi connectivity index (χ0) is 13.5. The Morgan fingerprint density at radius 1 is 1.42 bits per heavy atom. The molecule has 0 bridgehead atoms. The summed E-state index contributed by atoms with van der Waals surface area (Å²) >= 11 is 3.25. The second-order valence-corrected chi connectivity index (χ2v) is 7.24. The maximum absolute atomic E-state index is 11.8. The molecule has 0 aliphatic heterocycles. The molecule has 1 amide bonds. The Labute approximate surface area is 122 Å². The topological polar surface area (TPSA) is 49.3 Å². The summed E-state index contributed by atoms with van der Waals surface area (Å²) in [6.07, 6.45) is 4.66. The molecule has 1 saturated carbocycles. The second-order valence-electron chi connectivity index (χ2n) is 5.01. The zero-order valence-corrected chi connectivity index (χ0v) is 12.6. The van der Waals surface area contributed by atoms with Crippen molar-refractivity contribution in [3.05, 3.63) is 17.5 Å². The number of thioether (sulfide) groups is 1. The van der Waals surface area contributed by atoms with Crippen LogP contribution in [0.15, 0.2) is 21.7 Å². The van der Waals surface area contributed by atoms with E-state index in [0.717, 1.165) is 19.4 Å². The van der Waals surface area contributed by atoms with Crippen molar-refractivity contribution >= 4 is 29.0 Å². The molecule has 0 spiro atoms. The summed E-state index contributed by atoms with van der Waals surface area (Å²) in [5.41, 5.74) is 0. The summed E-state index contributed by atoms with van der Waals surface area (Å²) in [5, 5.41) is 14.4. The van der Waals surface area contributed by atoms with Crippen LogP contribution in [0.1, 0.15) is 25.7 Å². The summed E-state index contributed by atoms with van der Waals surface area (Å²) < 4.78 is 1.18. The third kappa shape index (κ3) is 4.82. The number of hydrogen-bond acceptors (Lipinski definition) is 4. The van der Waals surface area contributed by atoms with Crippen molar-refractivity contribution < 1.29 is 9.90 Å². The fourth-order valence-corrected chi connectivity index (χ4v) is 4.19. The van der Waals surface area contributed by atoms with Gasteiger partial charge >= 0.3 is 0 Å². The van der Waals surface area contributed by atoms with E-state index in [1.54, 1.807) is 23.1 Å². The van der Waals surface area contributed by atoms with Crippen LogP contribution in [-0.4, -0.2) is 29.9 Å². The highest BCUT2D eigenvalue weighted by atomic mass is 32.2. The molecule has 0 radical (unpaired) electrons. The van der Waals surface area contributed by atoms with E-state index in [9.17, 15) is 9.90 Å². The predicted octanol–water partition coefficient (Wildman–Crippen LogP) is 2.76. The Morgan fingerprint density at radius 2 is 2.21 bits per heavy atom. The van der Waals surface area contributed by atoms with E-state index in [-0.39, 0.29) is 12.5 Å². The standard InChI is InChI=1S/C14H21NO2S2/c16-9-12-5-2-1-4-11(12)8-15-13(17)10-19-14-6-3-7-18-14/h3,6-7,11-12,16H,1-2,4-5,8-10H2,(H,15,17). The van der Waals surface area contributed by atoms with Crippen LogP contribution in [0.4, 0.5) is 0 Å². The van der Waals surface area contributed by atoms with E-state index in [1.165, 1.54) is 17.1 Å². The predicted molar refractivity (Wildman–Crippen MR) is 80.6 cm³/mol. The minimum Gasteiger partial charge on any atom is -0.396 e. The van der Waals surface area contributed by atoms with Crippen LogP contribution in [0.25, 0.3) is 0 Å². The van der Waals surface area contributed by atoms with E-state index >= 15 is 0 Å². The average molecular weight is 299 g/mol. The number of rotatable bonds is 6. The molecule has 1 heterocycles. The molecule has 0 aromatic carbocycles. The molecule has 1 aliphatic carbocycles. The van der Waals surface area contributed by atoms with Crippen molar-refractivity contribution in [3.8, 4) is 0 Å². The van der Waals surface area contributed by atoms with Gasteiger partial charge in [-0.25, -0.2) is 0 Å². The van der Waals surface area contributed by atoms with Crippen LogP contribution < -0.4 is 5.32 Å². The number of carbonyl (C=O) groups is 1. The average Bonchev–Trinajstić information content (AvgIpc) is 2.96. The minimum atomic E-state index is 0.0978. The molecule has 2 rings (SSSR count). The number of aliphatic hydroxyl groups excluding tert-OH is 1. The molecule has 0 saturated heterocycles. The summed E-state index contributed by atoms with van der Waals surface area (Å²) in [7, 11) is 0. The summed E-state index contributed by atoms with van der Waals surface area (Å²) in [5.74, 6) is 1.41. The minimum absolute atomic E-state index is 0.0978. The van der Waals surface area contributed by atoms with Gasteiger partial charge in [-0.2, -0.15) is 0 Å². The molecule has 5 heteroatoms. The Kier molecular flexibility index (Phi) is 6.20. The molecular formula is C14H21NO2S2. The van der Waals surface area contributed by atoms with Gasteiger partial charge in [0.15, 0.2) is 0 Å².